The summed E-state index contributed by atoms with van der Waals surface area (Å²) in [6.07, 6.45) is 0. The molecule has 0 unspecified atom stereocenters. The van der Waals surface area contributed by atoms with Crippen molar-refractivity contribution in [2.75, 3.05) is 0 Å². The van der Waals surface area contributed by atoms with E-state index in [0.717, 1.165) is 0 Å². The molecule has 0 spiro atoms. The monoisotopic (exact) mass is 214 g/mol. The van der Waals surface area contributed by atoms with E-state index in [0.29, 0.717) is 11.5 Å². The normalized spacial score (nSPS) is 9.75. The molecule has 0 aliphatic rings. The molecule has 0 amide bonds. The van der Waals surface area contributed by atoms with Gasteiger partial charge >= 0.3 is 0 Å². The van der Waals surface area contributed by atoms with Crippen LogP contribution >= 0.6 is 0 Å². The summed E-state index contributed by atoms with van der Waals surface area (Å²) in [6.45, 7) is 0. The Kier molecular flexibility index (Phi) is 2.82. The summed E-state index contributed by atoms with van der Waals surface area (Å²) in [6, 6.07) is 16.1. The number of non-ortho nitro benzene ring substituents is 1. The number of benzene rings is 2. The van der Waals surface area contributed by atoms with E-state index in [-0.39, 0.29) is 5.69 Å². The standard InChI is InChI=1S/C12H8NO3/c14-13(15)10-6-8-12(9-7-10)16-11-4-2-1-3-5-11/h1-8H. The number of rotatable bonds is 3. The van der Waals surface area contributed by atoms with Crippen LogP contribution in [0.3, 0.4) is 0 Å². The maximum atomic E-state index is 10.4. The van der Waals surface area contributed by atoms with Crippen molar-refractivity contribution in [3.8, 4) is 11.5 Å². The van der Waals surface area contributed by atoms with Crippen molar-refractivity contribution in [1.29, 1.82) is 0 Å². The quantitative estimate of drug-likeness (QED) is 0.582. The lowest BCUT2D eigenvalue weighted by Gasteiger charge is -2.03. The summed E-state index contributed by atoms with van der Waals surface area (Å²) in [5, 5.41) is 10.4. The van der Waals surface area contributed by atoms with E-state index < -0.39 is 4.92 Å². The van der Waals surface area contributed by atoms with Gasteiger partial charge in [-0.15, -0.1) is 0 Å². The Morgan fingerprint density at radius 1 is 1.12 bits per heavy atom. The Morgan fingerprint density at radius 3 is 2.44 bits per heavy atom. The zero-order valence-corrected chi connectivity index (χ0v) is 8.29. The summed E-state index contributed by atoms with van der Waals surface area (Å²) in [5.41, 5.74) is 0.000381. The minimum Gasteiger partial charge on any atom is -0.457 e. The van der Waals surface area contributed by atoms with Crippen molar-refractivity contribution in [2.24, 2.45) is 0 Å². The van der Waals surface area contributed by atoms with Gasteiger partial charge in [0, 0.05) is 18.2 Å². The highest BCUT2D eigenvalue weighted by molar-refractivity contribution is 5.37. The molecule has 0 saturated carbocycles. The molecule has 4 heteroatoms. The Morgan fingerprint density at radius 2 is 1.88 bits per heavy atom. The van der Waals surface area contributed by atoms with Crippen LogP contribution in [-0.4, -0.2) is 4.92 Å². The Bertz CT molecular complexity index is 479. The minimum atomic E-state index is -0.469. The smallest absolute Gasteiger partial charge is 0.270 e. The molecule has 2 aromatic rings. The summed E-state index contributed by atoms with van der Waals surface area (Å²) in [5.74, 6) is 1.13. The van der Waals surface area contributed by atoms with Gasteiger partial charge in [-0.2, -0.15) is 0 Å². The third-order valence-electron chi connectivity index (χ3n) is 1.95. The topological polar surface area (TPSA) is 52.4 Å². The highest BCUT2D eigenvalue weighted by Crippen LogP contribution is 2.22. The lowest BCUT2D eigenvalue weighted by Crippen LogP contribution is -1.88. The van der Waals surface area contributed by atoms with Crippen LogP contribution in [-0.2, 0) is 0 Å². The lowest BCUT2D eigenvalue weighted by molar-refractivity contribution is -0.384. The predicted octanol–water partition coefficient (Wildman–Crippen LogP) is 3.19. The number of hydrogen-bond donors (Lipinski definition) is 0. The molecule has 0 atom stereocenters. The van der Waals surface area contributed by atoms with E-state index in [2.05, 4.69) is 6.07 Å². The SMILES string of the molecule is O=[N+]([O-])c1c[c]c(Oc2ccccc2)cc1. The number of hydrogen-bond acceptors (Lipinski definition) is 3. The Labute approximate surface area is 92.3 Å². The fraction of sp³-hybridized carbons (Fsp3) is 0. The molecule has 1 radical (unpaired) electrons. The Hall–Kier alpha value is -2.36. The number of para-hydroxylation sites is 1. The molecule has 0 aromatic heterocycles. The molecule has 79 valence electrons. The second kappa shape index (κ2) is 4.44. The van der Waals surface area contributed by atoms with E-state index in [1.807, 2.05) is 18.2 Å². The molecule has 0 N–H and O–H groups in total. The van der Waals surface area contributed by atoms with Gasteiger partial charge in [0.15, 0.2) is 0 Å². The molecule has 2 rings (SSSR count). The molecule has 2 aromatic carbocycles. The van der Waals surface area contributed by atoms with Gasteiger partial charge in [0.25, 0.3) is 5.69 Å². The fourth-order valence-electron chi connectivity index (χ4n) is 1.19. The van der Waals surface area contributed by atoms with Gasteiger partial charge < -0.3 is 4.74 Å². The molecular formula is C12H8NO3. The number of nitro benzene ring substituents is 1. The van der Waals surface area contributed by atoms with Gasteiger partial charge in [0.05, 0.1) is 4.92 Å². The maximum absolute atomic E-state index is 10.4. The van der Waals surface area contributed by atoms with Gasteiger partial charge in [-0.25, -0.2) is 0 Å². The first-order chi connectivity index (χ1) is 7.75. The van der Waals surface area contributed by atoms with E-state index in [1.165, 1.54) is 18.2 Å². The molecule has 0 heterocycles. The fourth-order valence-corrected chi connectivity index (χ4v) is 1.19. The first kappa shape index (κ1) is 10.2. The van der Waals surface area contributed by atoms with E-state index in [1.54, 1.807) is 12.1 Å². The highest BCUT2D eigenvalue weighted by atomic mass is 16.6. The second-order valence-corrected chi connectivity index (χ2v) is 3.08. The van der Waals surface area contributed by atoms with Crippen molar-refractivity contribution in [1.82, 2.24) is 0 Å². The molecule has 4 nitrogen and oxygen atoms in total. The van der Waals surface area contributed by atoms with E-state index in [4.69, 9.17) is 4.74 Å². The first-order valence-electron chi connectivity index (χ1n) is 4.65. The summed E-state index contributed by atoms with van der Waals surface area (Å²) in [4.78, 5) is 9.95. The molecule has 0 bridgehead atoms. The van der Waals surface area contributed by atoms with Crippen LogP contribution in [0.15, 0.2) is 48.5 Å². The zero-order valence-electron chi connectivity index (χ0n) is 8.29. The van der Waals surface area contributed by atoms with Gasteiger partial charge in [0.1, 0.15) is 11.5 Å². The van der Waals surface area contributed by atoms with Crippen LogP contribution in [0.25, 0.3) is 0 Å². The van der Waals surface area contributed by atoms with E-state index >= 15 is 0 Å². The largest absolute Gasteiger partial charge is 0.457 e. The van der Waals surface area contributed by atoms with Crippen LogP contribution in [0.5, 0.6) is 11.5 Å². The molecule has 0 aliphatic heterocycles. The lowest BCUT2D eigenvalue weighted by atomic mass is 10.3. The number of ether oxygens (including phenoxy) is 1. The van der Waals surface area contributed by atoms with Crippen LogP contribution in [0.2, 0.25) is 0 Å². The van der Waals surface area contributed by atoms with Gasteiger partial charge in [-0.05, 0) is 18.2 Å². The maximum Gasteiger partial charge on any atom is 0.270 e. The van der Waals surface area contributed by atoms with Crippen LogP contribution < -0.4 is 4.74 Å². The molecule has 0 aliphatic carbocycles. The van der Waals surface area contributed by atoms with Gasteiger partial charge in [-0.3, -0.25) is 10.1 Å². The Balaban J connectivity index is 2.14. The van der Waals surface area contributed by atoms with Crippen molar-refractivity contribution in [3.05, 3.63) is 64.7 Å². The molecule has 0 fully saturated rings. The number of nitro groups is 1. The summed E-state index contributed by atoms with van der Waals surface area (Å²) in [7, 11) is 0. The minimum absolute atomic E-state index is 0.000381. The van der Waals surface area contributed by atoms with Crippen molar-refractivity contribution < 1.29 is 9.66 Å². The van der Waals surface area contributed by atoms with Crippen LogP contribution in [0.4, 0.5) is 5.69 Å². The summed E-state index contributed by atoms with van der Waals surface area (Å²) >= 11 is 0. The van der Waals surface area contributed by atoms with Gasteiger partial charge in [-0.1, -0.05) is 18.2 Å². The molecule has 16 heavy (non-hydrogen) atoms. The summed E-state index contributed by atoms with van der Waals surface area (Å²) < 4.78 is 5.43. The van der Waals surface area contributed by atoms with Crippen LogP contribution in [0.1, 0.15) is 0 Å². The third-order valence-corrected chi connectivity index (χ3v) is 1.95. The van der Waals surface area contributed by atoms with Crippen LogP contribution in [0, 0.1) is 16.2 Å². The van der Waals surface area contributed by atoms with Crippen molar-refractivity contribution >= 4 is 5.69 Å². The highest BCUT2D eigenvalue weighted by Gasteiger charge is 2.04. The average Bonchev–Trinajstić information content (AvgIpc) is 2.31. The average molecular weight is 214 g/mol. The van der Waals surface area contributed by atoms with E-state index in [9.17, 15) is 10.1 Å². The first-order valence-corrected chi connectivity index (χ1v) is 4.65. The third kappa shape index (κ3) is 2.36. The van der Waals surface area contributed by atoms with Gasteiger partial charge in [0.2, 0.25) is 0 Å². The number of nitrogens with zero attached hydrogens (tertiary/aromatic N) is 1. The molecular weight excluding hydrogens is 206 g/mol. The molecule has 0 saturated heterocycles. The second-order valence-electron chi connectivity index (χ2n) is 3.08. The van der Waals surface area contributed by atoms with Crippen molar-refractivity contribution in [2.45, 2.75) is 0 Å². The van der Waals surface area contributed by atoms with Crippen molar-refractivity contribution in [3.63, 3.8) is 0 Å². The zero-order chi connectivity index (χ0) is 11.4. The predicted molar refractivity (Wildman–Crippen MR) is 58.4 cm³/mol.